The van der Waals surface area contributed by atoms with E-state index in [9.17, 15) is 9.35 Å². The minimum absolute atomic E-state index is 0.162. The van der Waals surface area contributed by atoms with Crippen LogP contribution in [0.3, 0.4) is 0 Å². The zero-order valence-electron chi connectivity index (χ0n) is 17.0. The Labute approximate surface area is 175 Å². The van der Waals surface area contributed by atoms with Crippen LogP contribution >= 0.6 is 0 Å². The maximum absolute atomic E-state index is 12.2. The van der Waals surface area contributed by atoms with Crippen molar-refractivity contribution in [1.82, 2.24) is 5.32 Å². The van der Waals surface area contributed by atoms with E-state index in [-0.39, 0.29) is 13.2 Å². The molecule has 0 saturated carbocycles. The molecule has 0 aliphatic rings. The van der Waals surface area contributed by atoms with Crippen molar-refractivity contribution in [3.8, 4) is 0 Å². The third-order valence-corrected chi connectivity index (χ3v) is 5.15. The fourth-order valence-corrected chi connectivity index (χ4v) is 2.78. The highest BCUT2D eigenvalue weighted by Gasteiger charge is 2.26. The average Bonchev–Trinajstić information content (AvgIpc) is 2.71. The second-order valence-electron chi connectivity index (χ2n) is 7.43. The summed E-state index contributed by atoms with van der Waals surface area (Å²) >= 11 is -1.43. The molecular weight excluding hydrogens is 388 g/mol. The highest BCUT2D eigenvalue weighted by atomic mass is 32.2. The van der Waals surface area contributed by atoms with E-state index in [1.54, 1.807) is 0 Å². The van der Waals surface area contributed by atoms with Gasteiger partial charge in [-0.2, -0.15) is 0 Å². The molecule has 1 unspecified atom stereocenters. The molecule has 0 spiro atoms. The first-order valence-corrected chi connectivity index (χ1v) is 10.5. The molecule has 2 atom stereocenters. The molecule has 0 radical (unpaired) electrons. The van der Waals surface area contributed by atoms with Gasteiger partial charge < -0.3 is 19.3 Å². The van der Waals surface area contributed by atoms with Crippen LogP contribution in [0.2, 0.25) is 0 Å². The van der Waals surface area contributed by atoms with Crippen molar-refractivity contribution in [3.63, 3.8) is 0 Å². The first-order valence-electron chi connectivity index (χ1n) is 9.39. The van der Waals surface area contributed by atoms with Gasteiger partial charge in [0.25, 0.3) is 0 Å². The van der Waals surface area contributed by atoms with E-state index in [1.165, 1.54) is 6.21 Å². The highest BCUT2D eigenvalue weighted by Crippen LogP contribution is 2.16. The molecule has 0 bridgehead atoms. The number of hydrogen-bond donors (Lipinski definition) is 1. The van der Waals surface area contributed by atoms with Crippen molar-refractivity contribution in [2.75, 3.05) is 6.61 Å². The molecule has 156 valence electrons. The van der Waals surface area contributed by atoms with Gasteiger partial charge >= 0.3 is 6.09 Å². The molecule has 2 aromatic carbocycles. The van der Waals surface area contributed by atoms with Gasteiger partial charge in [0.05, 0.1) is 25.5 Å². The number of benzene rings is 2. The van der Waals surface area contributed by atoms with Crippen LogP contribution in [0.4, 0.5) is 4.79 Å². The second-order valence-corrected chi connectivity index (χ2v) is 9.36. The third-order valence-electron chi connectivity index (χ3n) is 3.79. The number of nitrogens with one attached hydrogen (secondary N) is 1. The van der Waals surface area contributed by atoms with E-state index < -0.39 is 28.2 Å². The lowest BCUT2D eigenvalue weighted by Crippen LogP contribution is -2.40. The molecule has 0 aliphatic carbocycles. The zero-order valence-corrected chi connectivity index (χ0v) is 17.9. The summed E-state index contributed by atoms with van der Waals surface area (Å²) in [6.07, 6.45) is 0.867. The number of amides is 1. The van der Waals surface area contributed by atoms with Crippen LogP contribution in [-0.4, -0.2) is 34.3 Å². The Bertz CT molecular complexity index is 763. The van der Waals surface area contributed by atoms with Crippen LogP contribution in [0, 0.1) is 0 Å². The number of carbonyl (C=O) groups is 1. The van der Waals surface area contributed by atoms with Gasteiger partial charge in [-0.05, 0) is 31.9 Å². The van der Waals surface area contributed by atoms with Gasteiger partial charge in [-0.25, -0.2) is 4.79 Å². The van der Waals surface area contributed by atoms with E-state index in [0.29, 0.717) is 6.61 Å². The molecule has 0 heterocycles. The van der Waals surface area contributed by atoms with Crippen molar-refractivity contribution in [2.24, 2.45) is 4.40 Å². The van der Waals surface area contributed by atoms with Gasteiger partial charge in [0.15, 0.2) is 0 Å². The third kappa shape index (κ3) is 9.13. The van der Waals surface area contributed by atoms with Gasteiger partial charge in [-0.3, -0.25) is 0 Å². The Balaban J connectivity index is 1.91. The molecular formula is C22H28N2O4S. The second kappa shape index (κ2) is 11.6. The highest BCUT2D eigenvalue weighted by molar-refractivity contribution is 7.91. The van der Waals surface area contributed by atoms with E-state index in [4.69, 9.17) is 9.47 Å². The Morgan fingerprint density at radius 2 is 1.62 bits per heavy atom. The molecule has 0 aliphatic heterocycles. The summed E-state index contributed by atoms with van der Waals surface area (Å²) in [5, 5.41) is 2.71. The standard InChI is InChI=1S/C22H28N2O4S/c1-22(2,3)29(26)23-14-20(17-27-15-18-10-6-4-7-11-18)24-21(25)28-16-19-12-8-5-9-13-19/h4-14,20H,15-17H2,1-3H3,(H,24,25)/t20-,29?/m1/s1. The molecule has 29 heavy (non-hydrogen) atoms. The van der Waals surface area contributed by atoms with Crippen LogP contribution in [-0.2, 0) is 34.0 Å². The minimum atomic E-state index is -1.43. The van der Waals surface area contributed by atoms with Gasteiger partial charge in [0, 0.05) is 0 Å². The Kier molecular flexibility index (Phi) is 9.18. The summed E-state index contributed by atoms with van der Waals surface area (Å²) in [7, 11) is 0. The van der Waals surface area contributed by atoms with Crippen LogP contribution < -0.4 is 5.32 Å². The molecule has 0 aromatic heterocycles. The van der Waals surface area contributed by atoms with Crippen molar-refractivity contribution >= 4 is 23.7 Å². The summed E-state index contributed by atoms with van der Waals surface area (Å²) in [5.74, 6) is 0. The molecule has 1 N–H and O–H groups in total. The molecule has 1 amide bonds. The molecule has 7 heteroatoms. The Morgan fingerprint density at radius 1 is 1.07 bits per heavy atom. The smallest absolute Gasteiger partial charge is 0.408 e. The maximum Gasteiger partial charge on any atom is 0.408 e. The monoisotopic (exact) mass is 416 g/mol. The minimum Gasteiger partial charge on any atom is -0.591 e. The van der Waals surface area contributed by atoms with Crippen molar-refractivity contribution in [1.29, 1.82) is 0 Å². The number of nitrogens with zero attached hydrogens (tertiary/aromatic N) is 1. The normalized spacial score (nSPS) is 13.8. The lowest BCUT2D eigenvalue weighted by molar-refractivity contribution is 0.102. The van der Waals surface area contributed by atoms with Crippen molar-refractivity contribution < 1.29 is 18.8 Å². The van der Waals surface area contributed by atoms with E-state index in [1.807, 2.05) is 81.4 Å². The molecule has 0 saturated heterocycles. The predicted octanol–water partition coefficient (Wildman–Crippen LogP) is 4.03. The van der Waals surface area contributed by atoms with E-state index >= 15 is 0 Å². The molecule has 0 fully saturated rings. The quantitative estimate of drug-likeness (QED) is 0.494. The van der Waals surface area contributed by atoms with Crippen LogP contribution in [0.25, 0.3) is 0 Å². The number of ether oxygens (including phenoxy) is 2. The number of alkyl carbamates (subject to hydrolysis) is 1. The van der Waals surface area contributed by atoms with Gasteiger partial charge in [0.2, 0.25) is 0 Å². The molecule has 2 aromatic rings. The topological polar surface area (TPSA) is 83.0 Å². The number of rotatable bonds is 9. The predicted molar refractivity (Wildman–Crippen MR) is 116 cm³/mol. The SMILES string of the molecule is CC(C)(C)[S+]([O-])N=C[C@H](COCc1ccccc1)NC(=O)OCc1ccccc1. The Hall–Kier alpha value is -2.35. The van der Waals surface area contributed by atoms with Gasteiger partial charge in [-0.15, -0.1) is 0 Å². The summed E-state index contributed by atoms with van der Waals surface area (Å²) < 4.78 is 26.7. The lowest BCUT2D eigenvalue weighted by atomic mass is 10.2. The van der Waals surface area contributed by atoms with E-state index in [2.05, 4.69) is 9.71 Å². The fourth-order valence-electron chi connectivity index (χ4n) is 2.20. The molecule has 6 nitrogen and oxygen atoms in total. The largest absolute Gasteiger partial charge is 0.591 e. The van der Waals surface area contributed by atoms with Gasteiger partial charge in [0.1, 0.15) is 22.7 Å². The number of carbonyl (C=O) groups excluding carboxylic acids is 1. The van der Waals surface area contributed by atoms with Crippen LogP contribution in [0.5, 0.6) is 0 Å². The summed E-state index contributed by atoms with van der Waals surface area (Å²) in [6.45, 7) is 6.25. The van der Waals surface area contributed by atoms with Crippen molar-refractivity contribution in [3.05, 3.63) is 71.8 Å². The first-order chi connectivity index (χ1) is 13.8. The Morgan fingerprint density at radius 3 is 2.17 bits per heavy atom. The van der Waals surface area contributed by atoms with Crippen LogP contribution in [0.1, 0.15) is 31.9 Å². The van der Waals surface area contributed by atoms with Gasteiger partial charge in [-0.1, -0.05) is 65.1 Å². The lowest BCUT2D eigenvalue weighted by Gasteiger charge is -2.19. The maximum atomic E-state index is 12.2. The first kappa shape index (κ1) is 22.9. The summed E-state index contributed by atoms with van der Waals surface area (Å²) in [5.41, 5.74) is 1.91. The average molecular weight is 417 g/mol. The summed E-state index contributed by atoms with van der Waals surface area (Å²) in [4.78, 5) is 12.2. The zero-order chi connectivity index (χ0) is 21.1. The fraction of sp³-hybridized carbons (Fsp3) is 0.364. The molecule has 2 rings (SSSR count). The van der Waals surface area contributed by atoms with Crippen molar-refractivity contribution in [2.45, 2.75) is 44.8 Å². The number of hydrogen-bond acceptors (Lipinski definition) is 5. The van der Waals surface area contributed by atoms with E-state index in [0.717, 1.165) is 11.1 Å². The summed E-state index contributed by atoms with van der Waals surface area (Å²) in [6, 6.07) is 18.6. The van der Waals surface area contributed by atoms with Crippen LogP contribution in [0.15, 0.2) is 65.1 Å².